The third-order valence-corrected chi connectivity index (χ3v) is 3.32. The average molecular weight is 342 g/mol. The molecular weight excluding hydrogens is 330 g/mol. The molecule has 1 atom stereocenters. The quantitative estimate of drug-likeness (QED) is 0.767. The van der Waals surface area contributed by atoms with E-state index in [1.54, 1.807) is 0 Å². The van der Waals surface area contributed by atoms with Crippen LogP contribution < -0.4 is 5.32 Å². The van der Waals surface area contributed by atoms with Crippen molar-refractivity contribution >= 4 is 18.1 Å². The maximum absolute atomic E-state index is 13.5. The fourth-order valence-corrected chi connectivity index (χ4v) is 2.37. The zero-order valence-electron chi connectivity index (χ0n) is 12.2. The molecule has 1 heterocycles. The molecule has 0 saturated carbocycles. The van der Waals surface area contributed by atoms with Crippen LogP contribution in [0.4, 0.5) is 18.4 Å². The molecular formula is C14H12F2N2O6. The normalized spacial score (nSPS) is 17.7. The van der Waals surface area contributed by atoms with Crippen molar-refractivity contribution in [3.05, 3.63) is 46.7 Å². The van der Waals surface area contributed by atoms with E-state index in [1.165, 1.54) is 7.11 Å². The summed E-state index contributed by atoms with van der Waals surface area (Å²) >= 11 is 0. The highest BCUT2D eigenvalue weighted by Crippen LogP contribution is 2.34. The molecule has 8 nitrogen and oxygen atoms in total. The van der Waals surface area contributed by atoms with Gasteiger partial charge < -0.3 is 20.3 Å². The Balaban J connectivity index is 2.71. The van der Waals surface area contributed by atoms with E-state index in [9.17, 15) is 33.4 Å². The van der Waals surface area contributed by atoms with Crippen LogP contribution in [-0.4, -0.2) is 46.9 Å². The number of carbonyl (C=O) groups is 3. The van der Waals surface area contributed by atoms with Gasteiger partial charge in [0.25, 0.3) is 0 Å². The number of rotatable bonds is 4. The number of carbonyl (C=O) groups excluding carboxylic acids is 1. The van der Waals surface area contributed by atoms with E-state index < -0.39 is 41.3 Å². The van der Waals surface area contributed by atoms with E-state index in [4.69, 9.17) is 4.74 Å². The van der Waals surface area contributed by atoms with Crippen LogP contribution in [0.3, 0.4) is 0 Å². The second-order valence-electron chi connectivity index (χ2n) is 4.79. The number of aliphatic carboxylic acids is 1. The lowest BCUT2D eigenvalue weighted by Crippen LogP contribution is -2.51. The fourth-order valence-electron chi connectivity index (χ4n) is 2.37. The van der Waals surface area contributed by atoms with Crippen LogP contribution in [0.2, 0.25) is 0 Å². The second kappa shape index (κ2) is 6.62. The summed E-state index contributed by atoms with van der Waals surface area (Å²) < 4.78 is 31.4. The van der Waals surface area contributed by atoms with Gasteiger partial charge in [-0.1, -0.05) is 6.07 Å². The molecule has 0 saturated heterocycles. The average Bonchev–Trinajstić information content (AvgIpc) is 2.48. The smallest absolute Gasteiger partial charge is 0.416 e. The van der Waals surface area contributed by atoms with E-state index >= 15 is 0 Å². The molecule has 3 N–H and O–H groups in total. The van der Waals surface area contributed by atoms with Crippen molar-refractivity contribution in [2.75, 3.05) is 13.7 Å². The summed E-state index contributed by atoms with van der Waals surface area (Å²) in [7, 11) is 1.24. The zero-order chi connectivity index (χ0) is 18.0. The number of hydrogen-bond donors (Lipinski definition) is 3. The highest BCUT2D eigenvalue weighted by atomic mass is 19.2. The Morgan fingerprint density at radius 3 is 2.46 bits per heavy atom. The third kappa shape index (κ3) is 3.04. The van der Waals surface area contributed by atoms with Crippen molar-refractivity contribution in [1.82, 2.24) is 10.2 Å². The molecule has 2 rings (SSSR count). The van der Waals surface area contributed by atoms with Crippen LogP contribution >= 0.6 is 0 Å². The van der Waals surface area contributed by atoms with Crippen molar-refractivity contribution in [2.45, 2.75) is 6.04 Å². The van der Waals surface area contributed by atoms with Gasteiger partial charge >= 0.3 is 18.1 Å². The van der Waals surface area contributed by atoms with Crippen LogP contribution in [0.25, 0.3) is 0 Å². The van der Waals surface area contributed by atoms with E-state index in [0.717, 1.165) is 6.07 Å². The highest BCUT2D eigenvalue weighted by molar-refractivity contribution is 5.99. The van der Waals surface area contributed by atoms with Crippen LogP contribution in [0, 0.1) is 11.6 Å². The number of nitrogens with zero attached hydrogens (tertiary/aromatic N) is 1. The lowest BCUT2D eigenvalue weighted by molar-refractivity contribution is -0.133. The molecule has 24 heavy (non-hydrogen) atoms. The van der Waals surface area contributed by atoms with Crippen LogP contribution in [-0.2, 0) is 9.53 Å². The van der Waals surface area contributed by atoms with Gasteiger partial charge in [-0.05, 0) is 17.7 Å². The third-order valence-electron chi connectivity index (χ3n) is 3.32. The number of imide groups is 1. The fraction of sp³-hybridized carbons (Fsp3) is 0.214. The maximum atomic E-state index is 13.5. The Labute approximate surface area is 133 Å². The first-order valence-corrected chi connectivity index (χ1v) is 6.51. The number of halogens is 2. The summed E-state index contributed by atoms with van der Waals surface area (Å²) in [5.74, 6) is -4.04. The van der Waals surface area contributed by atoms with Crippen molar-refractivity contribution < 1.29 is 38.1 Å². The molecule has 1 aliphatic rings. The predicted octanol–water partition coefficient (Wildman–Crippen LogP) is 1.69. The molecule has 0 aromatic heterocycles. The first kappa shape index (κ1) is 17.3. The van der Waals surface area contributed by atoms with Crippen molar-refractivity contribution in [3.8, 4) is 0 Å². The van der Waals surface area contributed by atoms with Gasteiger partial charge in [0.05, 0.1) is 17.9 Å². The standard InChI is InChI=1S/C14H12F2N2O6/c1-24-5-9-10(12(19)20)11(18(14(22)23)13(21)17-9)6-2-3-7(15)8(16)4-6/h2-4,11H,5H2,1H3,(H,17,21)(H,19,20)(H,22,23). The van der Waals surface area contributed by atoms with Gasteiger partial charge in [-0.15, -0.1) is 0 Å². The van der Waals surface area contributed by atoms with Crippen molar-refractivity contribution in [3.63, 3.8) is 0 Å². The summed E-state index contributed by atoms with van der Waals surface area (Å²) in [5, 5.41) is 20.8. The number of carboxylic acid groups (broad SMARTS) is 2. The molecule has 0 aliphatic carbocycles. The number of benzene rings is 1. The summed E-state index contributed by atoms with van der Waals surface area (Å²) in [6.07, 6.45) is -1.75. The summed E-state index contributed by atoms with van der Waals surface area (Å²) in [6, 6.07) is -0.428. The largest absolute Gasteiger partial charge is 0.478 e. The molecule has 0 radical (unpaired) electrons. The number of hydrogen-bond acceptors (Lipinski definition) is 4. The minimum atomic E-state index is -1.75. The first-order chi connectivity index (χ1) is 11.3. The number of urea groups is 1. The second-order valence-corrected chi connectivity index (χ2v) is 4.79. The molecule has 1 aromatic carbocycles. The summed E-state index contributed by atoms with van der Waals surface area (Å²) in [4.78, 5) is 35.2. The number of carboxylic acids is 1. The van der Waals surface area contributed by atoms with Crippen molar-refractivity contribution in [2.24, 2.45) is 0 Å². The van der Waals surface area contributed by atoms with Crippen LogP contribution in [0.15, 0.2) is 29.5 Å². The number of nitrogens with one attached hydrogen (secondary N) is 1. The van der Waals surface area contributed by atoms with E-state index in [2.05, 4.69) is 5.32 Å². The van der Waals surface area contributed by atoms with E-state index in [0.29, 0.717) is 12.1 Å². The Bertz CT molecular complexity index is 749. The number of ether oxygens (including phenoxy) is 1. The zero-order valence-corrected chi connectivity index (χ0v) is 12.2. The molecule has 0 spiro atoms. The monoisotopic (exact) mass is 342 g/mol. The maximum Gasteiger partial charge on any atom is 0.416 e. The van der Waals surface area contributed by atoms with Crippen molar-refractivity contribution in [1.29, 1.82) is 0 Å². The van der Waals surface area contributed by atoms with Gasteiger partial charge in [0.1, 0.15) is 6.04 Å². The SMILES string of the molecule is COCC1=C(C(=O)O)C(c2ccc(F)c(F)c2)N(C(=O)O)C(=O)N1. The lowest BCUT2D eigenvalue weighted by Gasteiger charge is -2.34. The molecule has 1 aromatic rings. The van der Waals surface area contributed by atoms with Crippen LogP contribution in [0.1, 0.15) is 11.6 Å². The van der Waals surface area contributed by atoms with Crippen LogP contribution in [0.5, 0.6) is 0 Å². The topological polar surface area (TPSA) is 116 Å². The molecule has 10 heteroatoms. The molecule has 1 aliphatic heterocycles. The molecule has 3 amide bonds. The number of methoxy groups -OCH3 is 1. The van der Waals surface area contributed by atoms with E-state index in [1.807, 2.05) is 0 Å². The Kier molecular flexibility index (Phi) is 4.79. The Morgan fingerprint density at radius 1 is 1.29 bits per heavy atom. The highest BCUT2D eigenvalue weighted by Gasteiger charge is 2.42. The first-order valence-electron chi connectivity index (χ1n) is 6.51. The number of amides is 3. The Morgan fingerprint density at radius 2 is 1.96 bits per heavy atom. The molecule has 1 unspecified atom stereocenters. The predicted molar refractivity (Wildman–Crippen MR) is 74.0 cm³/mol. The minimum absolute atomic E-state index is 0.178. The molecule has 0 bridgehead atoms. The van der Waals surface area contributed by atoms with Gasteiger partial charge in [-0.3, -0.25) is 0 Å². The summed E-state index contributed by atoms with van der Waals surface area (Å²) in [5.41, 5.74) is -0.913. The molecule has 128 valence electrons. The lowest BCUT2D eigenvalue weighted by atomic mass is 9.93. The van der Waals surface area contributed by atoms with Gasteiger partial charge in [-0.25, -0.2) is 28.1 Å². The van der Waals surface area contributed by atoms with Gasteiger partial charge in [-0.2, -0.15) is 0 Å². The molecule has 0 fully saturated rings. The Hall–Kier alpha value is -3.01. The van der Waals surface area contributed by atoms with Gasteiger partial charge in [0, 0.05) is 7.11 Å². The summed E-state index contributed by atoms with van der Waals surface area (Å²) in [6.45, 7) is -0.318. The van der Waals surface area contributed by atoms with Gasteiger partial charge in [0.15, 0.2) is 11.6 Å². The minimum Gasteiger partial charge on any atom is -0.478 e. The van der Waals surface area contributed by atoms with Gasteiger partial charge in [0.2, 0.25) is 0 Å². The van der Waals surface area contributed by atoms with E-state index in [-0.39, 0.29) is 22.8 Å².